The smallest absolute Gasteiger partial charge is 0.509 e. The highest BCUT2D eigenvalue weighted by molar-refractivity contribution is 6.61. The molecule has 53 heavy (non-hydrogen) atoms. The van der Waals surface area contributed by atoms with E-state index in [1.165, 1.54) is 0 Å². The Balaban J connectivity index is 0.000000209. The topological polar surface area (TPSA) is 140 Å². The van der Waals surface area contributed by atoms with Gasteiger partial charge in [-0.2, -0.15) is 0 Å². The first kappa shape index (κ1) is 42.6. The predicted octanol–water partition coefficient (Wildman–Crippen LogP) is 10.8. The summed E-state index contributed by atoms with van der Waals surface area (Å²) >= 11 is 29.4. The fourth-order valence-corrected chi connectivity index (χ4v) is 8.80. The molecule has 0 aromatic heterocycles. The summed E-state index contributed by atoms with van der Waals surface area (Å²) < 4.78 is 14.4. The molecule has 4 aliphatic rings. The van der Waals surface area contributed by atoms with E-state index in [0.717, 1.165) is 62.5 Å². The molecule has 6 rings (SSSR count). The van der Waals surface area contributed by atoms with Crippen LogP contribution in [-0.2, 0) is 23.8 Å². The molecule has 2 aromatic rings. The summed E-state index contributed by atoms with van der Waals surface area (Å²) in [6.45, 7) is 7.57. The lowest BCUT2D eigenvalue weighted by atomic mass is 9.77. The van der Waals surface area contributed by atoms with E-state index < -0.39 is 22.7 Å². The molecule has 2 fully saturated rings. The number of carbonyl (C=O) groups is 4. The number of carbonyl (C=O) groups excluding carboxylic acids is 4. The van der Waals surface area contributed by atoms with Crippen molar-refractivity contribution >= 4 is 92.4 Å². The van der Waals surface area contributed by atoms with Crippen LogP contribution in [0.15, 0.2) is 35.9 Å². The number of rotatable bonds is 5. The fourth-order valence-electron chi connectivity index (χ4n) is 7.31. The quantitative estimate of drug-likeness (QED) is 0.198. The molecule has 3 N–H and O–H groups in total. The van der Waals surface area contributed by atoms with E-state index in [9.17, 15) is 24.3 Å². The fraction of sp³-hybridized carbons (Fsp3) is 0.474. The summed E-state index contributed by atoms with van der Waals surface area (Å²) in [5.41, 5.74) is 1.16. The van der Waals surface area contributed by atoms with Gasteiger partial charge in [0.25, 0.3) is 5.91 Å². The summed E-state index contributed by atoms with van der Waals surface area (Å²) in [6.07, 6.45) is 8.19. The van der Waals surface area contributed by atoms with Gasteiger partial charge in [0, 0.05) is 32.8 Å². The molecule has 10 nitrogen and oxygen atoms in total. The Kier molecular flexibility index (Phi) is 14.8. The highest BCUT2D eigenvalue weighted by Gasteiger charge is 2.50. The number of aliphatic hydroxyl groups excluding tert-OH is 1. The normalized spacial score (nSPS) is 18.4. The van der Waals surface area contributed by atoms with Gasteiger partial charge in [0.05, 0.1) is 39.9 Å². The van der Waals surface area contributed by atoms with Gasteiger partial charge in [-0.15, -0.1) is 0 Å². The summed E-state index contributed by atoms with van der Waals surface area (Å²) in [6, 6.07) is 6.67. The molecule has 2 aromatic carbocycles. The van der Waals surface area contributed by atoms with E-state index in [-0.39, 0.29) is 29.9 Å². The summed E-state index contributed by atoms with van der Waals surface area (Å²) in [5, 5.41) is 18.6. The van der Waals surface area contributed by atoms with Crippen LogP contribution in [0.5, 0.6) is 0 Å². The van der Waals surface area contributed by atoms with E-state index in [4.69, 9.17) is 67.5 Å². The van der Waals surface area contributed by atoms with Gasteiger partial charge in [0.15, 0.2) is 5.78 Å². The van der Waals surface area contributed by atoms with Crippen molar-refractivity contribution in [1.82, 2.24) is 10.6 Å². The lowest BCUT2D eigenvalue weighted by Crippen LogP contribution is -2.48. The number of ether oxygens (including phenoxy) is 3. The Morgan fingerprint density at radius 2 is 1.19 bits per heavy atom. The minimum absolute atomic E-state index is 0.0937. The molecular weight excluding hydrogens is 790 g/mol. The van der Waals surface area contributed by atoms with Crippen molar-refractivity contribution in [2.24, 2.45) is 0 Å². The van der Waals surface area contributed by atoms with E-state index in [2.05, 4.69) is 15.4 Å². The third-order valence-corrected chi connectivity index (χ3v) is 10.8. The average Bonchev–Trinajstić information content (AvgIpc) is 3.45. The lowest BCUT2D eigenvalue weighted by molar-refractivity contribution is -0.120. The molecule has 2 aliphatic carbocycles. The van der Waals surface area contributed by atoms with Gasteiger partial charge in [-0.05, 0) is 88.8 Å². The first-order chi connectivity index (χ1) is 25.1. The standard InChI is InChI=1S/C19H21Cl2NO4.C16H17Cl2NO2.C3H5ClO2/c1-3-25-18(24)26-17-15(14-11(2)9-12(20)10-13(14)21)16(23)19(22-17)7-5-4-6-8-19;1-9-7-10(17)8-11(18)12(9)13-14(20)16(19-15(13)21)5-3-2-4-6-16;1-2-6-3(4)5/h9-10,22H,3-8H2,1-2H3;7-8,20H,2-6H2,1H3,(H,19,21);2H2,1H3. The molecule has 1 amide bonds. The van der Waals surface area contributed by atoms with Crippen LogP contribution >= 0.6 is 58.0 Å². The number of halogens is 5. The second-order valence-electron chi connectivity index (χ2n) is 13.2. The van der Waals surface area contributed by atoms with Gasteiger partial charge in [0.2, 0.25) is 5.88 Å². The van der Waals surface area contributed by atoms with Crippen LogP contribution in [0.3, 0.4) is 0 Å². The summed E-state index contributed by atoms with van der Waals surface area (Å²) in [5.74, 6) is -0.0901. The number of hydrogen-bond acceptors (Lipinski definition) is 9. The molecule has 0 radical (unpaired) electrons. The molecule has 2 saturated carbocycles. The first-order valence-corrected chi connectivity index (χ1v) is 19.4. The second kappa shape index (κ2) is 18.5. The van der Waals surface area contributed by atoms with Crippen molar-refractivity contribution in [2.45, 2.75) is 103 Å². The molecule has 0 saturated heterocycles. The van der Waals surface area contributed by atoms with E-state index in [1.54, 1.807) is 38.1 Å². The van der Waals surface area contributed by atoms with Crippen molar-refractivity contribution < 1.29 is 38.5 Å². The number of amides is 1. The van der Waals surface area contributed by atoms with Crippen molar-refractivity contribution in [3.8, 4) is 0 Å². The van der Waals surface area contributed by atoms with E-state index in [0.29, 0.717) is 61.8 Å². The van der Waals surface area contributed by atoms with Crippen LogP contribution in [0.25, 0.3) is 11.1 Å². The van der Waals surface area contributed by atoms with Gasteiger partial charge in [-0.25, -0.2) is 9.59 Å². The van der Waals surface area contributed by atoms with Crippen LogP contribution in [0, 0.1) is 13.8 Å². The largest absolute Gasteiger partial charge is 0.515 e. The SMILES string of the molecule is CCOC(=O)Cl.CCOC(=O)OC1=C(c2c(C)cc(Cl)cc2Cl)C(=O)C2(CCCCC2)N1.Cc1cc(Cl)cc(Cl)c1C1=C(O)C2(CCCCC2)NC1=O. The number of hydrogen-bond donors (Lipinski definition) is 3. The second-order valence-corrected chi connectivity index (χ2v) is 15.2. The highest BCUT2D eigenvalue weighted by Crippen LogP contribution is 2.45. The maximum atomic E-state index is 13.4. The Morgan fingerprint density at radius 3 is 1.62 bits per heavy atom. The van der Waals surface area contributed by atoms with Crippen molar-refractivity contribution in [1.29, 1.82) is 0 Å². The molecule has 288 valence electrons. The maximum Gasteiger partial charge on any atom is 0.515 e. The van der Waals surface area contributed by atoms with E-state index >= 15 is 0 Å². The number of benzene rings is 2. The third-order valence-electron chi connectivity index (χ3n) is 9.64. The zero-order valence-electron chi connectivity index (χ0n) is 30.0. The van der Waals surface area contributed by atoms with Crippen LogP contribution in [0.1, 0.15) is 100 Å². The highest BCUT2D eigenvalue weighted by atomic mass is 35.5. The molecular formula is C38H43Cl5N2O8. The van der Waals surface area contributed by atoms with Crippen molar-refractivity contribution in [3.05, 3.63) is 78.3 Å². The Hall–Kier alpha value is -3.15. The van der Waals surface area contributed by atoms with Crippen LogP contribution < -0.4 is 10.6 Å². The molecule has 0 bridgehead atoms. The molecule has 0 unspecified atom stereocenters. The number of aliphatic hydroxyl groups is 1. The number of nitrogens with one attached hydrogen (secondary N) is 2. The number of ketones is 1. The maximum absolute atomic E-state index is 13.4. The van der Waals surface area contributed by atoms with Crippen molar-refractivity contribution in [2.75, 3.05) is 13.2 Å². The van der Waals surface area contributed by atoms with Gasteiger partial charge in [0.1, 0.15) is 11.3 Å². The van der Waals surface area contributed by atoms with Crippen LogP contribution in [0.4, 0.5) is 9.59 Å². The molecule has 2 spiro atoms. The minimum Gasteiger partial charge on any atom is -0.509 e. The van der Waals surface area contributed by atoms with Gasteiger partial charge >= 0.3 is 11.6 Å². The number of aryl methyl sites for hydroxylation is 2. The van der Waals surface area contributed by atoms with Crippen LogP contribution in [-0.4, -0.2) is 52.7 Å². The van der Waals surface area contributed by atoms with E-state index in [1.807, 2.05) is 13.8 Å². The Bertz CT molecular complexity index is 1770. The monoisotopic (exact) mass is 830 g/mol. The molecule has 0 atom stereocenters. The zero-order valence-corrected chi connectivity index (χ0v) is 33.8. The van der Waals surface area contributed by atoms with Gasteiger partial charge in [-0.1, -0.05) is 84.9 Å². The third kappa shape index (κ3) is 9.75. The lowest BCUT2D eigenvalue weighted by Gasteiger charge is -2.33. The van der Waals surface area contributed by atoms with Crippen LogP contribution in [0.2, 0.25) is 20.1 Å². The Labute approximate surface area is 334 Å². The minimum atomic E-state index is -0.851. The summed E-state index contributed by atoms with van der Waals surface area (Å²) in [7, 11) is 0. The zero-order chi connectivity index (χ0) is 39.1. The molecule has 15 heteroatoms. The Morgan fingerprint density at radius 1 is 0.717 bits per heavy atom. The average molecular weight is 833 g/mol. The van der Waals surface area contributed by atoms with Gasteiger partial charge < -0.3 is 30.0 Å². The first-order valence-electron chi connectivity index (χ1n) is 17.5. The molecule has 2 aliphatic heterocycles. The van der Waals surface area contributed by atoms with Crippen molar-refractivity contribution in [3.63, 3.8) is 0 Å². The van der Waals surface area contributed by atoms with Gasteiger partial charge in [-0.3, -0.25) is 9.59 Å². The predicted molar refractivity (Wildman–Crippen MR) is 208 cm³/mol. The number of Topliss-reactive ketones (excluding diaryl/α,β-unsaturated/α-hetero) is 1. The summed E-state index contributed by atoms with van der Waals surface area (Å²) in [4.78, 5) is 47.3. The molecule has 2 heterocycles.